The molecule has 1 N–H and O–H groups in total. The van der Waals surface area contributed by atoms with E-state index in [1.165, 1.54) is 12.2 Å². The molecule has 0 unspecified atom stereocenters. The van der Waals surface area contributed by atoms with Gasteiger partial charge in [-0.3, -0.25) is 24.1 Å². The van der Waals surface area contributed by atoms with Gasteiger partial charge < -0.3 is 15.6 Å². The number of amides is 4. The second-order valence-corrected chi connectivity index (χ2v) is 6.10. The lowest BCUT2D eigenvalue weighted by Gasteiger charge is -2.30. The van der Waals surface area contributed by atoms with Crippen LogP contribution in [0, 0.1) is 11.1 Å². The summed E-state index contributed by atoms with van der Waals surface area (Å²) in [7, 11) is 1.11. The Hall–Kier alpha value is -2.22. The van der Waals surface area contributed by atoms with Crippen molar-refractivity contribution in [3.8, 4) is 0 Å². The third-order valence-corrected chi connectivity index (χ3v) is 3.75. The normalized spacial score (nSPS) is 15.1. The van der Waals surface area contributed by atoms with Crippen LogP contribution < -0.4 is 5.32 Å². The Balaban J connectivity index is 2.27. The molecule has 0 fully saturated rings. The molecule has 0 bridgehead atoms. The molecule has 134 valence electrons. The van der Waals surface area contributed by atoms with Gasteiger partial charge in [-0.1, -0.05) is 20.3 Å². The van der Waals surface area contributed by atoms with Crippen molar-refractivity contribution in [3.63, 3.8) is 0 Å². The van der Waals surface area contributed by atoms with E-state index < -0.39 is 11.9 Å². The van der Waals surface area contributed by atoms with Gasteiger partial charge in [0.15, 0.2) is 0 Å². The van der Waals surface area contributed by atoms with Gasteiger partial charge in [0.1, 0.15) is 6.04 Å². The summed E-state index contributed by atoms with van der Waals surface area (Å²) < 4.78 is 0. The third kappa shape index (κ3) is 5.77. The Labute approximate surface area is 141 Å². The van der Waals surface area contributed by atoms with Crippen LogP contribution in [0.4, 0.5) is 0 Å². The minimum absolute atomic E-state index is 0.183. The number of unbranched alkanes of at least 4 members (excludes halogenated alkanes) is 2. The summed E-state index contributed by atoms with van der Waals surface area (Å²) in [5.41, 5.74) is 0. The first-order valence-electron chi connectivity index (χ1n) is 8.01. The van der Waals surface area contributed by atoms with Gasteiger partial charge in [-0.15, -0.1) is 0 Å². The summed E-state index contributed by atoms with van der Waals surface area (Å²) in [5.74, 6) is -1.76. The van der Waals surface area contributed by atoms with Crippen LogP contribution in [-0.2, 0) is 19.2 Å². The van der Waals surface area contributed by atoms with Crippen molar-refractivity contribution in [3.05, 3.63) is 17.4 Å². The van der Waals surface area contributed by atoms with E-state index in [0.717, 1.165) is 11.9 Å². The Bertz CT molecular complexity index is 510. The molecule has 1 atom stereocenters. The molecule has 0 aromatic carbocycles. The van der Waals surface area contributed by atoms with Crippen LogP contribution in [0.25, 0.3) is 0 Å². The zero-order chi connectivity index (χ0) is 18.3. The topological polar surface area (TPSA) is 110 Å². The van der Waals surface area contributed by atoms with Gasteiger partial charge in [-0.2, -0.15) is 0 Å². The maximum absolute atomic E-state index is 11.9. The van der Waals surface area contributed by atoms with E-state index in [2.05, 4.69) is 5.32 Å². The number of carbonyl (C=O) groups excluding carboxylic acids is 4. The molecule has 1 rings (SSSR count). The molecule has 8 heteroatoms. The van der Waals surface area contributed by atoms with Gasteiger partial charge in [0, 0.05) is 25.1 Å². The molecular weight excluding hydrogens is 314 g/mol. The standard InChI is InChI=1S/C16H24N3O5/c1-11(2)15(16(23)18(3)24)17-12(20)7-5-4-6-10-19-13(21)8-9-14(19)22/h8-9,11,15H,4-7,10H2,1-3H3,(H,17,20)/q-1/t15-/m1/s1. The van der Waals surface area contributed by atoms with Crippen molar-refractivity contribution < 1.29 is 19.2 Å². The van der Waals surface area contributed by atoms with Crippen LogP contribution in [-0.4, -0.2) is 53.2 Å². The summed E-state index contributed by atoms with van der Waals surface area (Å²) in [6.07, 6.45) is 4.56. The molecule has 0 aromatic heterocycles. The molecule has 1 heterocycles. The fourth-order valence-corrected chi connectivity index (χ4v) is 2.34. The predicted molar refractivity (Wildman–Crippen MR) is 87.2 cm³/mol. The van der Waals surface area contributed by atoms with Gasteiger partial charge in [0.05, 0.1) is 0 Å². The number of nitrogens with zero attached hydrogens (tertiary/aromatic N) is 2. The van der Waals surface area contributed by atoms with E-state index in [1.54, 1.807) is 13.8 Å². The first-order valence-corrected chi connectivity index (χ1v) is 8.01. The molecule has 0 aliphatic carbocycles. The number of hydrogen-bond donors (Lipinski definition) is 1. The lowest BCUT2D eigenvalue weighted by Crippen LogP contribution is -2.48. The van der Waals surface area contributed by atoms with Crippen molar-refractivity contribution in [1.29, 1.82) is 0 Å². The minimum atomic E-state index is -0.828. The van der Waals surface area contributed by atoms with Crippen molar-refractivity contribution in [1.82, 2.24) is 15.3 Å². The second kappa shape index (κ2) is 9.17. The van der Waals surface area contributed by atoms with Crippen LogP contribution in [0.5, 0.6) is 0 Å². The molecule has 4 amide bonds. The predicted octanol–water partition coefficient (Wildman–Crippen LogP) is 0.569. The highest BCUT2D eigenvalue weighted by molar-refractivity contribution is 6.12. The van der Waals surface area contributed by atoms with Crippen LogP contribution in [0.2, 0.25) is 0 Å². The zero-order valence-electron chi connectivity index (χ0n) is 14.3. The fourth-order valence-electron chi connectivity index (χ4n) is 2.34. The Kier molecular flexibility index (Phi) is 7.57. The van der Waals surface area contributed by atoms with E-state index in [9.17, 15) is 24.4 Å². The number of likely N-dealkylation sites (N-methyl/N-ethyl adjacent to an activating group) is 1. The summed E-state index contributed by atoms with van der Waals surface area (Å²) in [5, 5.41) is 13.9. The first kappa shape index (κ1) is 19.8. The summed E-state index contributed by atoms with van der Waals surface area (Å²) in [6.45, 7) is 3.84. The first-order chi connectivity index (χ1) is 11.2. The third-order valence-electron chi connectivity index (χ3n) is 3.75. The van der Waals surface area contributed by atoms with Crippen molar-refractivity contribution in [2.45, 2.75) is 45.6 Å². The van der Waals surface area contributed by atoms with E-state index in [0.29, 0.717) is 25.8 Å². The Morgan fingerprint density at radius 3 is 2.25 bits per heavy atom. The van der Waals surface area contributed by atoms with Gasteiger partial charge >= 0.3 is 0 Å². The Morgan fingerprint density at radius 1 is 1.17 bits per heavy atom. The highest BCUT2D eigenvalue weighted by Gasteiger charge is 2.24. The monoisotopic (exact) mass is 338 g/mol. The lowest BCUT2D eigenvalue weighted by atomic mass is 10.0. The average molecular weight is 338 g/mol. The molecule has 0 aromatic rings. The van der Waals surface area contributed by atoms with Crippen molar-refractivity contribution in [2.75, 3.05) is 13.6 Å². The molecule has 0 saturated carbocycles. The smallest absolute Gasteiger partial charge is 0.253 e. The minimum Gasteiger partial charge on any atom is -0.756 e. The molecular formula is C16H24N3O5-. The number of imide groups is 1. The van der Waals surface area contributed by atoms with E-state index in [4.69, 9.17) is 0 Å². The summed E-state index contributed by atoms with van der Waals surface area (Å²) in [6, 6.07) is -0.828. The van der Waals surface area contributed by atoms with E-state index in [1.807, 2.05) is 0 Å². The van der Waals surface area contributed by atoms with Crippen molar-refractivity contribution in [2.24, 2.45) is 5.92 Å². The van der Waals surface area contributed by atoms with Gasteiger partial charge in [-0.25, -0.2) is 0 Å². The molecule has 24 heavy (non-hydrogen) atoms. The van der Waals surface area contributed by atoms with Gasteiger partial charge in [0.25, 0.3) is 11.8 Å². The average Bonchev–Trinajstić information content (AvgIpc) is 2.82. The molecule has 0 spiro atoms. The number of rotatable bonds is 9. The largest absolute Gasteiger partial charge is 0.756 e. The van der Waals surface area contributed by atoms with E-state index >= 15 is 0 Å². The molecule has 8 nitrogen and oxygen atoms in total. The van der Waals surface area contributed by atoms with E-state index in [-0.39, 0.29) is 35.1 Å². The fraction of sp³-hybridized carbons (Fsp3) is 0.625. The van der Waals surface area contributed by atoms with Crippen LogP contribution in [0.3, 0.4) is 0 Å². The maximum atomic E-state index is 11.9. The number of nitrogens with one attached hydrogen (secondary N) is 1. The molecule has 0 saturated heterocycles. The van der Waals surface area contributed by atoms with Crippen LogP contribution >= 0.6 is 0 Å². The maximum Gasteiger partial charge on any atom is 0.253 e. The van der Waals surface area contributed by atoms with Gasteiger partial charge in [0.2, 0.25) is 11.8 Å². The quantitative estimate of drug-likeness (QED) is 0.375. The summed E-state index contributed by atoms with van der Waals surface area (Å²) >= 11 is 0. The second-order valence-electron chi connectivity index (χ2n) is 6.10. The highest BCUT2D eigenvalue weighted by Crippen LogP contribution is 2.09. The number of carbonyl (C=O) groups is 4. The molecule has 0 radical (unpaired) electrons. The van der Waals surface area contributed by atoms with Crippen LogP contribution in [0.15, 0.2) is 12.2 Å². The zero-order valence-corrected chi connectivity index (χ0v) is 14.3. The SMILES string of the molecule is CC(C)[C@@H](NC(=O)CCCCCN1C(=O)C=CC1=O)C(=O)N(C)[O-]. The van der Waals surface area contributed by atoms with Crippen LogP contribution in [0.1, 0.15) is 39.5 Å². The molecule has 1 aliphatic rings. The summed E-state index contributed by atoms with van der Waals surface area (Å²) in [4.78, 5) is 47.5. The van der Waals surface area contributed by atoms with Crippen molar-refractivity contribution >= 4 is 23.6 Å². The Morgan fingerprint density at radius 2 is 1.75 bits per heavy atom. The highest BCUT2D eigenvalue weighted by atomic mass is 16.5. The number of hydrogen-bond acceptors (Lipinski definition) is 5. The lowest BCUT2D eigenvalue weighted by molar-refractivity contribution is -0.137. The molecule has 1 aliphatic heterocycles. The van der Waals surface area contributed by atoms with Gasteiger partial charge in [-0.05, 0) is 25.8 Å². The number of hydroxylamine groups is 2.